The molecule has 2 aromatic carbocycles. The van der Waals surface area contributed by atoms with Crippen molar-refractivity contribution in [1.29, 1.82) is 0 Å². The lowest BCUT2D eigenvalue weighted by molar-refractivity contribution is -0.135. The van der Waals surface area contributed by atoms with Crippen LogP contribution in [0.15, 0.2) is 42.5 Å². The third-order valence-corrected chi connectivity index (χ3v) is 5.08. The van der Waals surface area contributed by atoms with E-state index in [2.05, 4.69) is 6.92 Å². The average molecular weight is 351 g/mol. The lowest BCUT2D eigenvalue weighted by Gasteiger charge is -2.23. The van der Waals surface area contributed by atoms with Crippen molar-refractivity contribution in [3.8, 4) is 0 Å². The number of benzene rings is 2. The van der Waals surface area contributed by atoms with Gasteiger partial charge in [0.25, 0.3) is 5.91 Å². The van der Waals surface area contributed by atoms with Crippen molar-refractivity contribution in [3.05, 3.63) is 64.7 Å². The molecule has 26 heavy (non-hydrogen) atoms. The average Bonchev–Trinajstić information content (AvgIpc) is 2.83. The zero-order chi connectivity index (χ0) is 18.9. The number of ketones is 1. The molecule has 0 saturated heterocycles. The molecular formula is C22H25NO3. The molecule has 0 saturated carbocycles. The van der Waals surface area contributed by atoms with E-state index in [0.29, 0.717) is 23.4 Å². The Bertz CT molecular complexity index is 858. The quantitative estimate of drug-likeness (QED) is 0.803. The van der Waals surface area contributed by atoms with Crippen LogP contribution >= 0.6 is 0 Å². The van der Waals surface area contributed by atoms with Crippen molar-refractivity contribution in [2.45, 2.75) is 45.6 Å². The molecule has 0 radical (unpaired) electrons. The summed E-state index contributed by atoms with van der Waals surface area (Å²) in [6, 6.07) is 12.9. The molecule has 2 aromatic rings. The van der Waals surface area contributed by atoms with Crippen LogP contribution in [0.4, 0.5) is 5.69 Å². The van der Waals surface area contributed by atoms with Crippen LogP contribution in [0.3, 0.4) is 0 Å². The summed E-state index contributed by atoms with van der Waals surface area (Å²) in [6.07, 6.45) is 1.56. The first-order chi connectivity index (χ1) is 12.4. The molecular weight excluding hydrogens is 326 g/mol. The standard InChI is InChI=1S/C22H25NO3/c1-4-5-12-23-19-9-7-6-8-18(19)22(26,21(23)25)14-20(24)17-13-15(2)10-11-16(17)3/h6-11,13,26H,4-5,12,14H2,1-3H3/t22-/m0/s1. The number of carbonyl (C=O) groups excluding carboxylic acids is 2. The predicted molar refractivity (Wildman–Crippen MR) is 102 cm³/mol. The fourth-order valence-electron chi connectivity index (χ4n) is 3.58. The first-order valence-electron chi connectivity index (χ1n) is 9.12. The summed E-state index contributed by atoms with van der Waals surface area (Å²) in [7, 11) is 0. The highest BCUT2D eigenvalue weighted by molar-refractivity contribution is 6.11. The molecule has 1 N–H and O–H groups in total. The van der Waals surface area contributed by atoms with E-state index < -0.39 is 11.5 Å². The Morgan fingerprint density at radius 1 is 1.15 bits per heavy atom. The molecule has 0 aliphatic carbocycles. The highest BCUT2D eigenvalue weighted by Gasteiger charge is 2.50. The lowest BCUT2D eigenvalue weighted by atomic mass is 9.87. The number of hydrogen-bond donors (Lipinski definition) is 1. The molecule has 0 unspecified atom stereocenters. The largest absolute Gasteiger partial charge is 0.375 e. The predicted octanol–water partition coefficient (Wildman–Crippen LogP) is 3.91. The number of Topliss-reactive ketones (excluding diaryl/α,β-unsaturated/α-hetero) is 1. The fourth-order valence-corrected chi connectivity index (χ4v) is 3.58. The maximum atomic E-state index is 13.0. The van der Waals surface area contributed by atoms with Gasteiger partial charge in [0.2, 0.25) is 0 Å². The molecule has 1 amide bonds. The van der Waals surface area contributed by atoms with E-state index in [0.717, 1.165) is 24.0 Å². The van der Waals surface area contributed by atoms with E-state index in [9.17, 15) is 14.7 Å². The molecule has 1 atom stereocenters. The summed E-state index contributed by atoms with van der Waals surface area (Å²) in [6.45, 7) is 6.40. The van der Waals surface area contributed by atoms with Crippen molar-refractivity contribution in [1.82, 2.24) is 0 Å². The van der Waals surface area contributed by atoms with Gasteiger partial charge in [-0.25, -0.2) is 0 Å². The van der Waals surface area contributed by atoms with Crippen LogP contribution in [-0.4, -0.2) is 23.3 Å². The fraction of sp³-hybridized carbons (Fsp3) is 0.364. The third-order valence-electron chi connectivity index (χ3n) is 5.08. The molecule has 3 rings (SSSR count). The Morgan fingerprint density at radius 2 is 1.88 bits per heavy atom. The number of hydrogen-bond acceptors (Lipinski definition) is 3. The molecule has 1 heterocycles. The number of aryl methyl sites for hydroxylation is 2. The molecule has 0 spiro atoms. The number of para-hydroxylation sites is 1. The highest BCUT2D eigenvalue weighted by Crippen LogP contribution is 2.43. The number of fused-ring (bicyclic) bond motifs is 1. The molecule has 0 aromatic heterocycles. The molecule has 0 fully saturated rings. The van der Waals surface area contributed by atoms with Crippen LogP contribution in [0.2, 0.25) is 0 Å². The van der Waals surface area contributed by atoms with Gasteiger partial charge in [0, 0.05) is 17.7 Å². The van der Waals surface area contributed by atoms with E-state index >= 15 is 0 Å². The van der Waals surface area contributed by atoms with Crippen LogP contribution in [-0.2, 0) is 10.4 Å². The first kappa shape index (κ1) is 18.3. The van der Waals surface area contributed by atoms with E-state index in [1.165, 1.54) is 0 Å². The minimum Gasteiger partial charge on any atom is -0.375 e. The van der Waals surface area contributed by atoms with Crippen molar-refractivity contribution in [2.75, 3.05) is 11.4 Å². The number of carbonyl (C=O) groups is 2. The van der Waals surface area contributed by atoms with Crippen LogP contribution in [0.5, 0.6) is 0 Å². The third kappa shape index (κ3) is 3.06. The highest BCUT2D eigenvalue weighted by atomic mass is 16.3. The monoisotopic (exact) mass is 351 g/mol. The number of nitrogens with zero attached hydrogens (tertiary/aromatic N) is 1. The van der Waals surface area contributed by atoms with Crippen LogP contribution in [0.1, 0.15) is 53.2 Å². The first-order valence-corrected chi connectivity index (χ1v) is 9.12. The van der Waals surface area contributed by atoms with E-state index in [-0.39, 0.29) is 12.2 Å². The maximum absolute atomic E-state index is 13.0. The minimum atomic E-state index is -1.79. The number of unbranched alkanes of at least 4 members (excludes halogenated alkanes) is 1. The SMILES string of the molecule is CCCCN1C(=O)[C@](O)(CC(=O)c2cc(C)ccc2C)c2ccccc21. The van der Waals surface area contributed by atoms with Gasteiger partial charge in [-0.1, -0.05) is 49.2 Å². The van der Waals surface area contributed by atoms with Gasteiger partial charge in [0.1, 0.15) is 0 Å². The second-order valence-corrected chi connectivity index (χ2v) is 7.11. The smallest absolute Gasteiger partial charge is 0.264 e. The lowest BCUT2D eigenvalue weighted by Crippen LogP contribution is -2.42. The number of rotatable bonds is 6. The van der Waals surface area contributed by atoms with Gasteiger partial charge in [-0.3, -0.25) is 9.59 Å². The molecule has 1 aliphatic rings. The number of aliphatic hydroxyl groups is 1. The van der Waals surface area contributed by atoms with Gasteiger partial charge in [0.05, 0.1) is 12.1 Å². The van der Waals surface area contributed by atoms with E-state index in [4.69, 9.17) is 0 Å². The van der Waals surface area contributed by atoms with Gasteiger partial charge >= 0.3 is 0 Å². The van der Waals surface area contributed by atoms with Gasteiger partial charge in [-0.15, -0.1) is 0 Å². The minimum absolute atomic E-state index is 0.214. The Labute approximate surface area is 154 Å². The number of amides is 1. The van der Waals surface area contributed by atoms with Crippen molar-refractivity contribution >= 4 is 17.4 Å². The zero-order valence-corrected chi connectivity index (χ0v) is 15.6. The topological polar surface area (TPSA) is 57.6 Å². The van der Waals surface area contributed by atoms with Gasteiger partial charge in [-0.2, -0.15) is 0 Å². The maximum Gasteiger partial charge on any atom is 0.264 e. The molecule has 0 bridgehead atoms. The van der Waals surface area contributed by atoms with Crippen LogP contribution in [0.25, 0.3) is 0 Å². The van der Waals surface area contributed by atoms with Crippen molar-refractivity contribution in [2.24, 2.45) is 0 Å². The van der Waals surface area contributed by atoms with E-state index in [1.54, 1.807) is 17.0 Å². The summed E-state index contributed by atoms with van der Waals surface area (Å²) in [5.41, 5.74) is 1.84. The van der Waals surface area contributed by atoms with Crippen LogP contribution in [0, 0.1) is 13.8 Å². The molecule has 4 nitrogen and oxygen atoms in total. The number of anilines is 1. The Kier molecular flexibility index (Phi) is 4.97. The second-order valence-electron chi connectivity index (χ2n) is 7.11. The summed E-state index contributed by atoms with van der Waals surface area (Å²) in [5, 5.41) is 11.3. The summed E-state index contributed by atoms with van der Waals surface area (Å²) in [5.74, 6) is -0.611. The van der Waals surface area contributed by atoms with Crippen LogP contribution < -0.4 is 4.90 Å². The van der Waals surface area contributed by atoms with Gasteiger partial charge in [0.15, 0.2) is 11.4 Å². The normalized spacial score (nSPS) is 18.9. The Morgan fingerprint density at radius 3 is 2.62 bits per heavy atom. The van der Waals surface area contributed by atoms with Gasteiger partial charge in [-0.05, 0) is 38.0 Å². The summed E-state index contributed by atoms with van der Waals surface area (Å²) < 4.78 is 0. The van der Waals surface area contributed by atoms with Crippen molar-refractivity contribution in [3.63, 3.8) is 0 Å². The molecule has 136 valence electrons. The Balaban J connectivity index is 1.97. The summed E-state index contributed by atoms with van der Waals surface area (Å²) >= 11 is 0. The van der Waals surface area contributed by atoms with Gasteiger partial charge < -0.3 is 10.0 Å². The molecule has 4 heteroatoms. The van der Waals surface area contributed by atoms with E-state index in [1.807, 2.05) is 44.2 Å². The molecule has 1 aliphatic heterocycles. The second kappa shape index (κ2) is 7.04. The van der Waals surface area contributed by atoms with Crippen molar-refractivity contribution < 1.29 is 14.7 Å². The zero-order valence-electron chi connectivity index (χ0n) is 15.6. The Hall–Kier alpha value is -2.46. The summed E-state index contributed by atoms with van der Waals surface area (Å²) in [4.78, 5) is 27.6.